The maximum atomic E-state index is 12.5. The number of nitro benzene ring substituents is 1. The van der Waals surface area contributed by atoms with E-state index in [1.54, 1.807) is 0 Å². The number of benzene rings is 1. The van der Waals surface area contributed by atoms with Gasteiger partial charge in [0.1, 0.15) is 5.54 Å². The zero-order valence-corrected chi connectivity index (χ0v) is 13.9. The fraction of sp³-hybridized carbons (Fsp3) is 0.462. The number of nitrogens with one attached hydrogen (secondary N) is 1. The van der Waals surface area contributed by atoms with Crippen LogP contribution in [0, 0.1) is 17.0 Å². The Morgan fingerprint density at radius 2 is 1.86 bits per heavy atom. The zero-order chi connectivity index (χ0) is 17.3. The summed E-state index contributed by atoms with van der Waals surface area (Å²) in [6.45, 7) is 4.21. The van der Waals surface area contributed by atoms with Crippen molar-refractivity contribution in [2.24, 2.45) is 0 Å². The average molecular weight is 329 g/mol. The highest BCUT2D eigenvalue weighted by molar-refractivity contribution is 7.89. The van der Waals surface area contributed by atoms with Crippen LogP contribution in [0.5, 0.6) is 0 Å². The molecular formula is C13H19N3O5S. The molecule has 0 radical (unpaired) electrons. The van der Waals surface area contributed by atoms with Crippen LogP contribution in [-0.2, 0) is 14.8 Å². The van der Waals surface area contributed by atoms with Gasteiger partial charge in [-0.25, -0.2) is 8.42 Å². The Labute approximate surface area is 129 Å². The van der Waals surface area contributed by atoms with Gasteiger partial charge < -0.3 is 4.90 Å². The van der Waals surface area contributed by atoms with Crippen LogP contribution in [0.4, 0.5) is 5.69 Å². The van der Waals surface area contributed by atoms with E-state index in [0.717, 1.165) is 0 Å². The molecule has 1 rings (SSSR count). The van der Waals surface area contributed by atoms with E-state index in [2.05, 4.69) is 4.72 Å². The van der Waals surface area contributed by atoms with Gasteiger partial charge in [-0.1, -0.05) is 6.07 Å². The third kappa shape index (κ3) is 3.60. The minimum atomic E-state index is -4.09. The molecule has 0 unspecified atom stereocenters. The number of hydrogen-bond donors (Lipinski definition) is 1. The summed E-state index contributed by atoms with van der Waals surface area (Å²) in [7, 11) is -1.06. The maximum absolute atomic E-state index is 12.5. The van der Waals surface area contributed by atoms with Gasteiger partial charge in [0.2, 0.25) is 15.9 Å². The zero-order valence-electron chi connectivity index (χ0n) is 13.1. The van der Waals surface area contributed by atoms with E-state index >= 15 is 0 Å². The van der Waals surface area contributed by atoms with Crippen molar-refractivity contribution in [1.29, 1.82) is 0 Å². The number of sulfonamides is 1. The Kier molecular flexibility index (Phi) is 4.93. The summed E-state index contributed by atoms with van der Waals surface area (Å²) in [5.41, 5.74) is -1.65. The molecule has 0 aromatic heterocycles. The van der Waals surface area contributed by atoms with Crippen molar-refractivity contribution in [3.05, 3.63) is 33.9 Å². The number of nitrogens with zero attached hydrogens (tertiary/aromatic N) is 2. The van der Waals surface area contributed by atoms with Crippen LogP contribution in [0.15, 0.2) is 23.1 Å². The number of rotatable bonds is 5. The molecule has 8 nitrogen and oxygen atoms in total. The monoisotopic (exact) mass is 329 g/mol. The van der Waals surface area contributed by atoms with Crippen molar-refractivity contribution in [2.75, 3.05) is 14.1 Å². The van der Waals surface area contributed by atoms with Gasteiger partial charge >= 0.3 is 0 Å². The Hall–Kier alpha value is -2.00. The summed E-state index contributed by atoms with van der Waals surface area (Å²) in [6, 6.07) is 3.78. The first-order chi connectivity index (χ1) is 9.90. The highest BCUT2D eigenvalue weighted by Gasteiger charge is 2.35. The number of carbonyl (C=O) groups is 1. The molecular weight excluding hydrogens is 310 g/mol. The first-order valence-electron chi connectivity index (χ1n) is 6.40. The van der Waals surface area contributed by atoms with Crippen LogP contribution in [0.3, 0.4) is 0 Å². The van der Waals surface area contributed by atoms with Crippen molar-refractivity contribution < 1.29 is 18.1 Å². The van der Waals surface area contributed by atoms with Crippen LogP contribution >= 0.6 is 0 Å². The molecule has 0 aliphatic heterocycles. The van der Waals surface area contributed by atoms with E-state index in [4.69, 9.17) is 0 Å². The van der Waals surface area contributed by atoms with Gasteiger partial charge in [0.25, 0.3) is 5.69 Å². The normalized spacial score (nSPS) is 12.0. The van der Waals surface area contributed by atoms with Gasteiger partial charge in [0, 0.05) is 25.7 Å². The molecule has 1 aromatic rings. The summed E-state index contributed by atoms with van der Waals surface area (Å²) >= 11 is 0. The third-order valence-corrected chi connectivity index (χ3v) is 4.87. The van der Waals surface area contributed by atoms with Gasteiger partial charge in [0.15, 0.2) is 0 Å². The van der Waals surface area contributed by atoms with Crippen molar-refractivity contribution >= 4 is 21.6 Å². The Balaban J connectivity index is 3.30. The molecule has 0 atom stereocenters. The lowest BCUT2D eigenvalue weighted by atomic mass is 10.1. The molecule has 122 valence electrons. The molecule has 22 heavy (non-hydrogen) atoms. The van der Waals surface area contributed by atoms with Crippen molar-refractivity contribution in [3.63, 3.8) is 0 Å². The number of carbonyl (C=O) groups excluding carboxylic acids is 1. The molecule has 1 N–H and O–H groups in total. The largest absolute Gasteiger partial charge is 0.347 e. The van der Waals surface area contributed by atoms with Crippen LogP contribution < -0.4 is 4.72 Å². The summed E-state index contributed by atoms with van der Waals surface area (Å²) < 4.78 is 27.2. The molecule has 0 saturated heterocycles. The Morgan fingerprint density at radius 3 is 2.32 bits per heavy atom. The Morgan fingerprint density at radius 1 is 1.32 bits per heavy atom. The predicted octanol–water partition coefficient (Wildman–Crippen LogP) is 1.05. The molecule has 9 heteroatoms. The van der Waals surface area contributed by atoms with E-state index in [-0.39, 0.29) is 16.1 Å². The van der Waals surface area contributed by atoms with E-state index in [0.29, 0.717) is 0 Å². The molecule has 0 fully saturated rings. The quantitative estimate of drug-likeness (QED) is 0.641. The first kappa shape index (κ1) is 18.1. The van der Waals surface area contributed by atoms with Crippen LogP contribution in [0.25, 0.3) is 0 Å². The molecule has 0 saturated carbocycles. The lowest BCUT2D eigenvalue weighted by Gasteiger charge is -2.28. The molecule has 1 amide bonds. The number of amides is 1. The summed E-state index contributed by atoms with van der Waals surface area (Å²) in [6.07, 6.45) is 0. The molecule has 0 heterocycles. The van der Waals surface area contributed by atoms with Crippen LogP contribution in [0.2, 0.25) is 0 Å². The molecule has 0 bridgehead atoms. The predicted molar refractivity (Wildman–Crippen MR) is 80.9 cm³/mol. The van der Waals surface area contributed by atoms with Crippen LogP contribution in [0.1, 0.15) is 19.4 Å². The highest BCUT2D eigenvalue weighted by Crippen LogP contribution is 2.25. The standard InChI is InChI=1S/C13H19N3O5S/c1-9-10(16(18)19)7-6-8-11(9)22(20,21)14-13(2,3)12(17)15(4)5/h6-8,14H,1-5H3. The van der Waals surface area contributed by atoms with E-state index in [1.165, 1.54) is 58.0 Å². The number of nitro groups is 1. The molecule has 1 aromatic carbocycles. The van der Waals surface area contributed by atoms with E-state index in [1.807, 2.05) is 0 Å². The number of likely N-dealkylation sites (N-methyl/N-ethyl adjacent to an activating group) is 1. The van der Waals surface area contributed by atoms with Crippen molar-refractivity contribution in [2.45, 2.75) is 31.2 Å². The summed E-state index contributed by atoms with van der Waals surface area (Å²) in [5, 5.41) is 10.9. The minimum absolute atomic E-state index is 0.0214. The number of hydrogen-bond acceptors (Lipinski definition) is 5. The SMILES string of the molecule is Cc1c([N+](=O)[O-])cccc1S(=O)(=O)NC(C)(C)C(=O)N(C)C. The second-order valence-electron chi connectivity index (χ2n) is 5.59. The van der Waals surface area contributed by atoms with Crippen molar-refractivity contribution in [3.8, 4) is 0 Å². The summed E-state index contributed by atoms with van der Waals surface area (Å²) in [5.74, 6) is -0.431. The fourth-order valence-electron chi connectivity index (χ4n) is 2.09. The highest BCUT2D eigenvalue weighted by atomic mass is 32.2. The Bertz CT molecular complexity index is 710. The first-order valence-corrected chi connectivity index (χ1v) is 7.88. The van der Waals surface area contributed by atoms with Gasteiger partial charge in [-0.3, -0.25) is 14.9 Å². The second-order valence-corrected chi connectivity index (χ2v) is 7.24. The smallest absolute Gasteiger partial charge is 0.273 e. The lowest BCUT2D eigenvalue weighted by Crippen LogP contribution is -2.54. The van der Waals surface area contributed by atoms with Gasteiger partial charge in [-0.2, -0.15) is 4.72 Å². The minimum Gasteiger partial charge on any atom is -0.347 e. The average Bonchev–Trinajstić information content (AvgIpc) is 2.35. The fourth-order valence-corrected chi connectivity index (χ4v) is 3.72. The second kappa shape index (κ2) is 6.01. The molecule has 0 aliphatic rings. The van der Waals surface area contributed by atoms with Gasteiger partial charge in [-0.05, 0) is 26.8 Å². The van der Waals surface area contributed by atoms with Crippen molar-refractivity contribution in [1.82, 2.24) is 9.62 Å². The van der Waals surface area contributed by atoms with Crippen LogP contribution in [-0.4, -0.2) is 43.8 Å². The topological polar surface area (TPSA) is 110 Å². The lowest BCUT2D eigenvalue weighted by molar-refractivity contribution is -0.385. The van der Waals surface area contributed by atoms with Gasteiger partial charge in [-0.15, -0.1) is 0 Å². The molecule has 0 aliphatic carbocycles. The van der Waals surface area contributed by atoms with E-state index < -0.39 is 26.4 Å². The van der Waals surface area contributed by atoms with Gasteiger partial charge in [0.05, 0.1) is 9.82 Å². The van der Waals surface area contributed by atoms with E-state index in [9.17, 15) is 23.3 Å². The molecule has 0 spiro atoms. The summed E-state index contributed by atoms with van der Waals surface area (Å²) in [4.78, 5) is 23.3. The maximum Gasteiger partial charge on any atom is 0.273 e. The third-order valence-electron chi connectivity index (χ3n) is 3.07.